The summed E-state index contributed by atoms with van der Waals surface area (Å²) in [5.74, 6) is -0.0742. The number of amides is 1. The van der Waals surface area contributed by atoms with Crippen molar-refractivity contribution >= 4 is 53.0 Å². The van der Waals surface area contributed by atoms with Crippen LogP contribution in [0.25, 0.3) is 0 Å². The highest BCUT2D eigenvalue weighted by molar-refractivity contribution is 6.67. The molecule has 1 aromatic rings. The molecule has 0 aliphatic heterocycles. The molecule has 0 fully saturated rings. The molecular formula is C13H17Cl3N2O4. The second kappa shape index (κ2) is 9.25. The average Bonchev–Trinajstić information content (AvgIpc) is 2.87. The number of nitrogens with zero attached hydrogens (tertiary/aromatic N) is 2. The summed E-state index contributed by atoms with van der Waals surface area (Å²) in [4.78, 5) is 27.9. The molecule has 0 spiro atoms. The second-order valence-electron chi connectivity index (χ2n) is 4.39. The van der Waals surface area contributed by atoms with Gasteiger partial charge in [0.05, 0.1) is 6.61 Å². The number of unbranched alkanes of at least 4 members (excludes halogenated alkanes) is 1. The number of aromatic nitrogens is 1. The Morgan fingerprint density at radius 1 is 1.45 bits per heavy atom. The van der Waals surface area contributed by atoms with E-state index in [1.54, 1.807) is 18.3 Å². The molecule has 0 unspecified atom stereocenters. The number of hydroxylamine groups is 1. The quantitative estimate of drug-likeness (QED) is 0.220. The molecule has 9 heteroatoms. The predicted octanol–water partition coefficient (Wildman–Crippen LogP) is 3.10. The van der Waals surface area contributed by atoms with Crippen molar-refractivity contribution in [2.24, 2.45) is 0 Å². The van der Waals surface area contributed by atoms with Crippen molar-refractivity contribution in [2.75, 3.05) is 18.3 Å². The van der Waals surface area contributed by atoms with Crippen LogP contribution in [0.1, 0.15) is 19.8 Å². The van der Waals surface area contributed by atoms with Gasteiger partial charge < -0.3 is 9.30 Å². The molecule has 0 aromatic carbocycles. The summed E-state index contributed by atoms with van der Waals surface area (Å²) in [7, 11) is 0. The Morgan fingerprint density at radius 2 is 2.18 bits per heavy atom. The van der Waals surface area contributed by atoms with Gasteiger partial charge >= 0.3 is 5.97 Å². The predicted molar refractivity (Wildman–Crippen MR) is 85.1 cm³/mol. The van der Waals surface area contributed by atoms with Crippen LogP contribution in [0.2, 0.25) is 0 Å². The van der Waals surface area contributed by atoms with Gasteiger partial charge in [0, 0.05) is 6.20 Å². The second-order valence-corrected chi connectivity index (χ2v) is 6.90. The standard InChI is InChI=1S/C13H17Cl3N2O4/c1-2-3-7-21-12(20)8-17-6-4-5-11(17)18(10-19)22-9-13(14,15)16/h4-6,10H,2-3,7-9H2,1H3. The molecule has 1 heterocycles. The van der Waals surface area contributed by atoms with Crippen molar-refractivity contribution in [3.8, 4) is 0 Å². The van der Waals surface area contributed by atoms with Gasteiger partial charge in [-0.25, -0.2) is 0 Å². The molecule has 0 radical (unpaired) electrons. The lowest BCUT2D eigenvalue weighted by molar-refractivity contribution is -0.144. The molecule has 1 amide bonds. The lowest BCUT2D eigenvalue weighted by Gasteiger charge is -2.20. The number of hydrogen-bond acceptors (Lipinski definition) is 4. The number of esters is 1. The monoisotopic (exact) mass is 370 g/mol. The Labute approximate surface area is 143 Å². The fourth-order valence-electron chi connectivity index (χ4n) is 1.55. The van der Waals surface area contributed by atoms with E-state index in [0.29, 0.717) is 18.8 Å². The molecule has 0 atom stereocenters. The van der Waals surface area contributed by atoms with Crippen molar-refractivity contribution < 1.29 is 19.2 Å². The highest BCUT2D eigenvalue weighted by atomic mass is 35.6. The van der Waals surface area contributed by atoms with E-state index in [4.69, 9.17) is 44.4 Å². The summed E-state index contributed by atoms with van der Waals surface area (Å²) >= 11 is 16.7. The van der Waals surface area contributed by atoms with Gasteiger partial charge in [0.1, 0.15) is 19.0 Å². The molecule has 124 valence electrons. The number of halogens is 3. The third-order valence-corrected chi connectivity index (χ3v) is 2.88. The molecule has 0 aliphatic carbocycles. The Bertz CT molecular complexity index is 488. The van der Waals surface area contributed by atoms with E-state index in [1.807, 2.05) is 6.92 Å². The van der Waals surface area contributed by atoms with Crippen molar-refractivity contribution in [1.29, 1.82) is 0 Å². The lowest BCUT2D eigenvalue weighted by atomic mass is 10.4. The highest BCUT2D eigenvalue weighted by Crippen LogP contribution is 2.27. The third-order valence-electron chi connectivity index (χ3n) is 2.55. The zero-order valence-corrected chi connectivity index (χ0v) is 14.3. The number of anilines is 1. The van der Waals surface area contributed by atoms with Gasteiger partial charge in [-0.1, -0.05) is 48.1 Å². The topological polar surface area (TPSA) is 60.8 Å². The molecule has 6 nitrogen and oxygen atoms in total. The van der Waals surface area contributed by atoms with E-state index in [9.17, 15) is 9.59 Å². The summed E-state index contributed by atoms with van der Waals surface area (Å²) in [6, 6.07) is 3.25. The van der Waals surface area contributed by atoms with Crippen molar-refractivity contribution in [3.05, 3.63) is 18.3 Å². The van der Waals surface area contributed by atoms with Gasteiger partial charge in [0.2, 0.25) is 10.2 Å². The van der Waals surface area contributed by atoms with E-state index in [1.165, 1.54) is 4.57 Å². The molecule has 0 aliphatic rings. The lowest BCUT2D eigenvalue weighted by Crippen LogP contribution is -2.29. The van der Waals surface area contributed by atoms with Gasteiger partial charge in [0.15, 0.2) is 0 Å². The van der Waals surface area contributed by atoms with Crippen LogP contribution in [-0.2, 0) is 25.7 Å². The fourth-order valence-corrected chi connectivity index (χ4v) is 1.69. The molecule has 1 rings (SSSR count). The molecule has 0 bridgehead atoms. The van der Waals surface area contributed by atoms with E-state index >= 15 is 0 Å². The normalized spacial score (nSPS) is 11.3. The smallest absolute Gasteiger partial charge is 0.326 e. The van der Waals surface area contributed by atoms with E-state index in [2.05, 4.69) is 0 Å². The molecule has 0 saturated heterocycles. The van der Waals surface area contributed by atoms with Gasteiger partial charge in [-0.3, -0.25) is 14.4 Å². The Morgan fingerprint density at radius 3 is 2.77 bits per heavy atom. The summed E-state index contributed by atoms with van der Waals surface area (Å²) in [5.41, 5.74) is 0. The van der Waals surface area contributed by atoms with Crippen LogP contribution < -0.4 is 5.06 Å². The number of rotatable bonds is 9. The number of hydrogen-bond donors (Lipinski definition) is 0. The third kappa shape index (κ3) is 6.87. The van der Waals surface area contributed by atoms with Gasteiger partial charge in [0.25, 0.3) is 0 Å². The van der Waals surface area contributed by atoms with Crippen LogP contribution in [-0.4, -0.2) is 34.0 Å². The van der Waals surface area contributed by atoms with Crippen LogP contribution in [0.4, 0.5) is 5.82 Å². The number of alkyl halides is 3. The summed E-state index contributed by atoms with van der Waals surface area (Å²) in [6.07, 6.45) is 3.78. The first-order chi connectivity index (χ1) is 10.4. The minimum atomic E-state index is -1.65. The van der Waals surface area contributed by atoms with Crippen LogP contribution in [0, 0.1) is 0 Å². The van der Waals surface area contributed by atoms with Crippen molar-refractivity contribution in [3.63, 3.8) is 0 Å². The Hall–Kier alpha value is -0.950. The van der Waals surface area contributed by atoms with Gasteiger partial charge in [-0.05, 0) is 18.6 Å². The molecule has 22 heavy (non-hydrogen) atoms. The number of carbonyl (C=O) groups is 2. The van der Waals surface area contributed by atoms with E-state index in [-0.39, 0.29) is 13.2 Å². The number of carbonyl (C=O) groups excluding carboxylic acids is 2. The van der Waals surface area contributed by atoms with E-state index in [0.717, 1.165) is 17.9 Å². The summed E-state index contributed by atoms with van der Waals surface area (Å²) in [5, 5.41) is 0.890. The SMILES string of the molecule is CCCCOC(=O)Cn1cccc1N(C=O)OCC(Cl)(Cl)Cl. The Kier molecular flexibility index (Phi) is 8.03. The van der Waals surface area contributed by atoms with Gasteiger partial charge in [-0.15, -0.1) is 0 Å². The number of ether oxygens (including phenoxy) is 1. The summed E-state index contributed by atoms with van der Waals surface area (Å²) < 4.78 is 4.91. The van der Waals surface area contributed by atoms with Crippen LogP contribution in [0.3, 0.4) is 0 Å². The van der Waals surface area contributed by atoms with Crippen LogP contribution >= 0.6 is 34.8 Å². The average molecular weight is 372 g/mol. The molecule has 0 saturated carbocycles. The maximum atomic E-state index is 11.7. The van der Waals surface area contributed by atoms with E-state index < -0.39 is 9.76 Å². The van der Waals surface area contributed by atoms with Crippen molar-refractivity contribution in [2.45, 2.75) is 30.1 Å². The fraction of sp³-hybridized carbons (Fsp3) is 0.538. The first-order valence-corrected chi connectivity index (χ1v) is 7.75. The largest absolute Gasteiger partial charge is 0.464 e. The maximum absolute atomic E-state index is 11.7. The minimum absolute atomic E-state index is 0.0481. The summed E-state index contributed by atoms with van der Waals surface area (Å²) in [6.45, 7) is 2.00. The molecular weight excluding hydrogens is 355 g/mol. The van der Waals surface area contributed by atoms with Crippen LogP contribution in [0.15, 0.2) is 18.3 Å². The Balaban J connectivity index is 2.65. The van der Waals surface area contributed by atoms with Crippen LogP contribution in [0.5, 0.6) is 0 Å². The van der Waals surface area contributed by atoms with Crippen molar-refractivity contribution in [1.82, 2.24) is 4.57 Å². The molecule has 1 aromatic heterocycles. The zero-order chi connectivity index (χ0) is 16.6. The van der Waals surface area contributed by atoms with Gasteiger partial charge in [-0.2, -0.15) is 5.06 Å². The maximum Gasteiger partial charge on any atom is 0.326 e. The highest BCUT2D eigenvalue weighted by Gasteiger charge is 2.23. The first-order valence-electron chi connectivity index (χ1n) is 6.62. The molecule has 0 N–H and O–H groups in total. The first kappa shape index (κ1) is 19.1. The minimum Gasteiger partial charge on any atom is -0.464 e. The zero-order valence-electron chi connectivity index (χ0n) is 12.0.